The largest absolute Gasteiger partial charge is 0.487 e. The van der Waals surface area contributed by atoms with Crippen LogP contribution in [0.15, 0.2) is 23.4 Å². The highest BCUT2D eigenvalue weighted by Gasteiger charge is 2.32. The van der Waals surface area contributed by atoms with Crippen LogP contribution in [-0.4, -0.2) is 75.2 Å². The van der Waals surface area contributed by atoms with Gasteiger partial charge in [0, 0.05) is 50.9 Å². The number of likely N-dealkylation sites (tertiary alicyclic amines) is 1. The molecule has 1 atom stereocenters. The Bertz CT molecular complexity index is 1020. The maximum Gasteiger partial charge on any atom is 0.419 e. The van der Waals surface area contributed by atoms with Crippen molar-refractivity contribution in [2.45, 2.75) is 51.3 Å². The topological polar surface area (TPSA) is 104 Å². The highest BCUT2D eigenvalue weighted by Crippen LogP contribution is 2.30. The Morgan fingerprint density at radius 1 is 1.26 bits per heavy atom. The van der Waals surface area contributed by atoms with Crippen LogP contribution in [0.4, 0.5) is 13.2 Å². The summed E-state index contributed by atoms with van der Waals surface area (Å²) in [4.78, 5) is 35.8. The van der Waals surface area contributed by atoms with Crippen molar-refractivity contribution in [1.29, 1.82) is 0 Å². The third-order valence-electron chi connectivity index (χ3n) is 5.87. The molecule has 2 aromatic rings. The molecule has 2 aromatic heterocycles. The molecule has 0 bridgehead atoms. The first-order chi connectivity index (χ1) is 16.0. The molecular weight excluding hydrogens is 453 g/mol. The van der Waals surface area contributed by atoms with E-state index in [9.17, 15) is 22.8 Å². The van der Waals surface area contributed by atoms with Crippen LogP contribution in [0.2, 0.25) is 0 Å². The van der Waals surface area contributed by atoms with E-state index in [1.165, 1.54) is 6.20 Å². The van der Waals surface area contributed by atoms with E-state index in [1.54, 1.807) is 11.8 Å². The lowest BCUT2D eigenvalue weighted by atomic mass is 9.95. The van der Waals surface area contributed by atoms with Gasteiger partial charge in [-0.2, -0.15) is 18.3 Å². The van der Waals surface area contributed by atoms with Gasteiger partial charge in [0.05, 0.1) is 17.3 Å². The van der Waals surface area contributed by atoms with Crippen molar-refractivity contribution >= 4 is 5.91 Å². The predicted octanol–water partition coefficient (Wildman–Crippen LogP) is 2.38. The Morgan fingerprint density at radius 3 is 2.53 bits per heavy atom. The second kappa shape index (κ2) is 10.9. The number of halogens is 3. The van der Waals surface area contributed by atoms with E-state index in [2.05, 4.69) is 20.2 Å². The van der Waals surface area contributed by atoms with Gasteiger partial charge in [0.1, 0.15) is 17.7 Å². The fraction of sp³-hybridized carbons (Fsp3) is 0.591. The number of nitrogens with one attached hydrogen (secondary N) is 1. The number of carbonyl (C=O) groups excluding carboxylic acids is 1. The van der Waals surface area contributed by atoms with E-state index in [0.29, 0.717) is 62.6 Å². The van der Waals surface area contributed by atoms with Crippen molar-refractivity contribution in [3.05, 3.63) is 45.9 Å². The van der Waals surface area contributed by atoms with Crippen LogP contribution in [0.1, 0.15) is 49.1 Å². The van der Waals surface area contributed by atoms with Crippen molar-refractivity contribution in [3.8, 4) is 5.75 Å². The third-order valence-corrected chi connectivity index (χ3v) is 5.87. The third kappa shape index (κ3) is 6.75. The van der Waals surface area contributed by atoms with Crippen molar-refractivity contribution in [1.82, 2.24) is 30.0 Å². The van der Waals surface area contributed by atoms with Crippen LogP contribution in [0, 0.1) is 6.92 Å². The Morgan fingerprint density at radius 2 is 1.91 bits per heavy atom. The lowest BCUT2D eigenvalue weighted by Gasteiger charge is -2.32. The first-order valence-corrected chi connectivity index (χ1v) is 11.1. The van der Waals surface area contributed by atoms with Crippen molar-refractivity contribution in [2.24, 2.45) is 0 Å². The van der Waals surface area contributed by atoms with Crippen molar-refractivity contribution in [2.75, 3.05) is 33.2 Å². The molecule has 1 amide bonds. The molecule has 186 valence electrons. The molecule has 9 nitrogen and oxygen atoms in total. The predicted molar refractivity (Wildman–Crippen MR) is 117 cm³/mol. The van der Waals surface area contributed by atoms with Gasteiger partial charge in [-0.05, 0) is 33.7 Å². The second-order valence-electron chi connectivity index (χ2n) is 8.61. The van der Waals surface area contributed by atoms with Gasteiger partial charge in [0.15, 0.2) is 0 Å². The molecule has 0 spiro atoms. The van der Waals surface area contributed by atoms with Gasteiger partial charge in [-0.15, -0.1) is 0 Å². The summed E-state index contributed by atoms with van der Waals surface area (Å²) < 4.78 is 43.8. The minimum absolute atomic E-state index is 0.0295. The number of aromatic amines is 1. The van der Waals surface area contributed by atoms with Crippen LogP contribution in [-0.2, 0) is 11.0 Å². The molecule has 3 rings (SSSR count). The summed E-state index contributed by atoms with van der Waals surface area (Å²) in [6.07, 6.45) is 0.00134. The van der Waals surface area contributed by atoms with Gasteiger partial charge in [-0.3, -0.25) is 9.59 Å². The van der Waals surface area contributed by atoms with Crippen LogP contribution >= 0.6 is 0 Å². The van der Waals surface area contributed by atoms with Gasteiger partial charge in [0.2, 0.25) is 5.91 Å². The highest BCUT2D eigenvalue weighted by molar-refractivity contribution is 5.76. The first kappa shape index (κ1) is 25.6. The van der Waals surface area contributed by atoms with E-state index in [1.807, 2.05) is 18.9 Å². The van der Waals surface area contributed by atoms with Gasteiger partial charge >= 0.3 is 6.18 Å². The Hall–Kier alpha value is -3.02. The number of likely N-dealkylation sites (N-methyl/N-ethyl adjacent to an activating group) is 1. The van der Waals surface area contributed by atoms with E-state index in [-0.39, 0.29) is 23.5 Å². The van der Waals surface area contributed by atoms with Gasteiger partial charge < -0.3 is 14.5 Å². The highest BCUT2D eigenvalue weighted by atomic mass is 19.4. The average molecular weight is 483 g/mol. The number of hydrogen-bond acceptors (Lipinski definition) is 7. The zero-order valence-corrected chi connectivity index (χ0v) is 19.4. The Labute approximate surface area is 195 Å². The quantitative estimate of drug-likeness (QED) is 0.616. The number of carbonyl (C=O) groups is 1. The zero-order chi connectivity index (χ0) is 24.9. The van der Waals surface area contributed by atoms with E-state index in [0.717, 1.165) is 12.4 Å². The molecule has 3 heterocycles. The number of aromatic nitrogens is 4. The standard InChI is InChI=1S/C22H29F3N6O3/c1-14(34-18-12-28-29-21(33)15(18)2)13-30(3)7-6-19(32)31-8-4-16(5-9-31)20-26-10-17(11-27-20)22(23,24)25/h10-12,14,16H,4-9,13H2,1-3H3,(H,29,33)/t14-/m0/s1. The normalized spacial score (nSPS) is 16.0. The molecule has 1 aliphatic rings. The SMILES string of the molecule is Cc1c(O[C@@H](C)CN(C)CCC(=O)N2CCC(c3ncc(C(F)(F)F)cn3)CC2)cn[nH]c1=O. The molecule has 0 aromatic carbocycles. The summed E-state index contributed by atoms with van der Waals surface area (Å²) >= 11 is 0. The summed E-state index contributed by atoms with van der Waals surface area (Å²) in [6, 6.07) is 0. The fourth-order valence-electron chi connectivity index (χ4n) is 3.87. The van der Waals surface area contributed by atoms with E-state index >= 15 is 0 Å². The fourth-order valence-corrected chi connectivity index (χ4v) is 3.87. The molecule has 1 fully saturated rings. The van der Waals surface area contributed by atoms with Gasteiger partial charge in [0.25, 0.3) is 5.56 Å². The molecule has 0 unspecified atom stereocenters. The van der Waals surface area contributed by atoms with Crippen molar-refractivity contribution < 1.29 is 22.7 Å². The number of alkyl halides is 3. The van der Waals surface area contributed by atoms with Crippen LogP contribution in [0.3, 0.4) is 0 Å². The van der Waals surface area contributed by atoms with Crippen LogP contribution in [0.5, 0.6) is 5.75 Å². The maximum atomic E-state index is 12.7. The average Bonchev–Trinajstić information content (AvgIpc) is 2.80. The number of hydrogen-bond donors (Lipinski definition) is 1. The Balaban J connectivity index is 1.40. The minimum atomic E-state index is -4.46. The van der Waals surface area contributed by atoms with Gasteiger partial charge in [-0.1, -0.05) is 0 Å². The molecule has 1 saturated heterocycles. The number of H-pyrrole nitrogens is 1. The maximum absolute atomic E-state index is 12.7. The smallest absolute Gasteiger partial charge is 0.419 e. The molecule has 0 aliphatic carbocycles. The first-order valence-electron chi connectivity index (χ1n) is 11.1. The minimum Gasteiger partial charge on any atom is -0.487 e. The zero-order valence-electron chi connectivity index (χ0n) is 19.4. The summed E-state index contributed by atoms with van der Waals surface area (Å²) in [5.41, 5.74) is -0.695. The second-order valence-corrected chi connectivity index (χ2v) is 8.61. The number of piperidine rings is 1. The molecular formula is C22H29F3N6O3. The van der Waals surface area contributed by atoms with E-state index in [4.69, 9.17) is 4.74 Å². The number of ether oxygens (including phenoxy) is 1. The van der Waals surface area contributed by atoms with Crippen LogP contribution in [0.25, 0.3) is 0 Å². The van der Waals surface area contributed by atoms with Crippen LogP contribution < -0.4 is 10.3 Å². The molecule has 0 radical (unpaired) electrons. The lowest BCUT2D eigenvalue weighted by molar-refractivity contribution is -0.138. The molecule has 34 heavy (non-hydrogen) atoms. The van der Waals surface area contributed by atoms with E-state index < -0.39 is 11.7 Å². The summed E-state index contributed by atoms with van der Waals surface area (Å²) in [5, 5.41) is 6.10. The summed E-state index contributed by atoms with van der Waals surface area (Å²) in [6.45, 7) is 5.69. The molecule has 12 heteroatoms. The molecule has 1 N–H and O–H groups in total. The molecule has 0 saturated carbocycles. The number of nitrogens with zero attached hydrogens (tertiary/aromatic N) is 5. The Kier molecular flexibility index (Phi) is 8.24. The lowest BCUT2D eigenvalue weighted by Crippen LogP contribution is -2.40. The van der Waals surface area contributed by atoms with Gasteiger partial charge in [-0.25, -0.2) is 15.1 Å². The number of rotatable bonds is 8. The van der Waals surface area contributed by atoms with Crippen molar-refractivity contribution in [3.63, 3.8) is 0 Å². The monoisotopic (exact) mass is 482 g/mol. The summed E-state index contributed by atoms with van der Waals surface area (Å²) in [5.74, 6) is 0.789. The molecule has 1 aliphatic heterocycles. The summed E-state index contributed by atoms with van der Waals surface area (Å²) in [7, 11) is 1.89. The number of amides is 1.